The predicted octanol–water partition coefficient (Wildman–Crippen LogP) is -0.119. The quantitative estimate of drug-likeness (QED) is 0.333. The average molecular weight is 382 g/mol. The molecule has 8 atom stereocenters. The van der Waals surface area contributed by atoms with E-state index in [0.29, 0.717) is 17.6 Å². The Morgan fingerprint density at radius 3 is 2.44 bits per heavy atom. The summed E-state index contributed by atoms with van der Waals surface area (Å²) in [5, 5.41) is 56.8. The number of fused-ring (bicyclic) bond motifs is 2. The number of carbonyl (C=O) groups is 1. The molecule has 0 radical (unpaired) electrons. The van der Waals surface area contributed by atoms with Crippen molar-refractivity contribution in [3.63, 3.8) is 0 Å². The normalized spacial score (nSPS) is 54.2. The summed E-state index contributed by atoms with van der Waals surface area (Å²) in [5.74, 6) is -2.15. The molecule has 27 heavy (non-hydrogen) atoms. The van der Waals surface area contributed by atoms with Crippen molar-refractivity contribution in [1.29, 1.82) is 0 Å². The van der Waals surface area contributed by atoms with Crippen LogP contribution in [0.15, 0.2) is 11.1 Å². The molecular formula is C20H30O7. The highest BCUT2D eigenvalue weighted by molar-refractivity contribution is 5.76. The lowest BCUT2D eigenvalue weighted by atomic mass is 9.55. The maximum absolute atomic E-state index is 12.6. The molecule has 0 aromatic heterocycles. The lowest BCUT2D eigenvalue weighted by molar-refractivity contribution is -0.311. The van der Waals surface area contributed by atoms with Crippen LogP contribution in [0.5, 0.6) is 0 Å². The van der Waals surface area contributed by atoms with E-state index in [2.05, 4.69) is 0 Å². The van der Waals surface area contributed by atoms with Gasteiger partial charge in [0.1, 0.15) is 17.3 Å². The van der Waals surface area contributed by atoms with Gasteiger partial charge in [-0.1, -0.05) is 20.8 Å². The Labute approximate surface area is 158 Å². The highest BCUT2D eigenvalue weighted by Gasteiger charge is 2.91. The van der Waals surface area contributed by atoms with Gasteiger partial charge in [0.05, 0.1) is 19.1 Å². The van der Waals surface area contributed by atoms with E-state index in [1.54, 1.807) is 13.8 Å². The summed E-state index contributed by atoms with van der Waals surface area (Å²) in [4.78, 5) is 12.6. The van der Waals surface area contributed by atoms with Gasteiger partial charge in [-0.25, -0.2) is 0 Å². The van der Waals surface area contributed by atoms with Crippen molar-refractivity contribution in [3.05, 3.63) is 11.1 Å². The summed E-state index contributed by atoms with van der Waals surface area (Å²) in [6.45, 7) is 6.64. The molecule has 0 spiro atoms. The van der Waals surface area contributed by atoms with Crippen LogP contribution in [-0.4, -0.2) is 67.1 Å². The van der Waals surface area contributed by atoms with Crippen LogP contribution in [-0.2, 0) is 9.53 Å². The summed E-state index contributed by atoms with van der Waals surface area (Å²) < 4.78 is 5.70. The van der Waals surface area contributed by atoms with E-state index in [0.717, 1.165) is 0 Å². The Kier molecular flexibility index (Phi) is 3.82. The van der Waals surface area contributed by atoms with Crippen molar-refractivity contribution >= 4 is 5.97 Å². The molecule has 7 heteroatoms. The predicted molar refractivity (Wildman–Crippen MR) is 94.3 cm³/mol. The van der Waals surface area contributed by atoms with Gasteiger partial charge in [0.25, 0.3) is 0 Å². The van der Waals surface area contributed by atoms with Crippen LogP contribution in [0.3, 0.4) is 0 Å². The number of carbonyl (C=O) groups excluding carboxylic acids is 1. The molecule has 7 nitrogen and oxygen atoms in total. The largest absolute Gasteiger partial charge is 0.450 e. The van der Waals surface area contributed by atoms with Gasteiger partial charge in [-0.05, 0) is 42.7 Å². The summed E-state index contributed by atoms with van der Waals surface area (Å²) in [7, 11) is 0. The van der Waals surface area contributed by atoms with Gasteiger partial charge in [0, 0.05) is 11.3 Å². The smallest absolute Gasteiger partial charge is 0.307 e. The molecule has 1 saturated heterocycles. The second kappa shape index (κ2) is 5.33. The van der Waals surface area contributed by atoms with Gasteiger partial charge >= 0.3 is 5.97 Å². The van der Waals surface area contributed by atoms with Crippen molar-refractivity contribution in [2.75, 3.05) is 6.61 Å². The molecule has 0 unspecified atom stereocenters. The number of esters is 1. The Morgan fingerprint density at radius 2 is 1.89 bits per heavy atom. The molecule has 2 bridgehead atoms. The summed E-state index contributed by atoms with van der Waals surface area (Å²) >= 11 is 0. The van der Waals surface area contributed by atoms with Crippen LogP contribution in [0, 0.1) is 23.2 Å². The SMILES string of the molecule is CC1=C(C(C)C)[C@@H](O)[C@@H]2[C@@]3(CO)CC(=O)O[C@@]4([C@H](O)[C@@H](C)CC[C@]34O)[C@@]12O. The molecule has 1 aliphatic heterocycles. The standard InChI is InChI=1S/C20H30O7/c1-9(2)13-11(4)19(26)15(14(13)23)17(8-21)7-12(22)27-20(19)16(24)10(3)5-6-18(17,20)25/h9-10,14-16,21,23-26H,5-8H2,1-4H3/t10-,14+,15+,16+,17-,18-,19+,20+/m0/s1. The minimum atomic E-state index is -2.01. The van der Waals surface area contributed by atoms with E-state index in [1.807, 2.05) is 13.8 Å². The number of hydrogen-bond donors (Lipinski definition) is 5. The van der Waals surface area contributed by atoms with Crippen LogP contribution in [0.4, 0.5) is 0 Å². The first-order valence-corrected chi connectivity index (χ1v) is 9.81. The van der Waals surface area contributed by atoms with Crippen LogP contribution in [0.1, 0.15) is 47.0 Å². The summed E-state index contributed by atoms with van der Waals surface area (Å²) in [5.41, 5.74) is -6.25. The van der Waals surface area contributed by atoms with Gasteiger partial charge in [0.15, 0.2) is 5.60 Å². The first kappa shape index (κ1) is 19.3. The molecule has 0 amide bonds. The summed E-state index contributed by atoms with van der Waals surface area (Å²) in [6, 6.07) is 0. The monoisotopic (exact) mass is 382 g/mol. The van der Waals surface area contributed by atoms with Gasteiger partial charge in [-0.15, -0.1) is 0 Å². The van der Waals surface area contributed by atoms with E-state index in [-0.39, 0.29) is 24.7 Å². The number of rotatable bonds is 2. The molecule has 3 aliphatic carbocycles. The Bertz CT molecular complexity index is 732. The maximum Gasteiger partial charge on any atom is 0.307 e. The van der Waals surface area contributed by atoms with Gasteiger partial charge in [-0.2, -0.15) is 0 Å². The van der Waals surface area contributed by atoms with E-state index >= 15 is 0 Å². The van der Waals surface area contributed by atoms with Crippen LogP contribution >= 0.6 is 0 Å². The Balaban J connectivity index is 2.11. The topological polar surface area (TPSA) is 127 Å². The number of ether oxygens (including phenoxy) is 1. The Morgan fingerprint density at radius 1 is 1.26 bits per heavy atom. The van der Waals surface area contributed by atoms with E-state index in [1.165, 1.54) is 0 Å². The van der Waals surface area contributed by atoms with E-state index in [4.69, 9.17) is 4.74 Å². The fourth-order valence-corrected chi connectivity index (χ4v) is 7.15. The third kappa shape index (κ3) is 1.67. The number of aliphatic hydroxyl groups is 5. The third-order valence-electron chi connectivity index (χ3n) is 8.24. The fraction of sp³-hybridized carbons (Fsp3) is 0.850. The van der Waals surface area contributed by atoms with Crippen LogP contribution in [0.2, 0.25) is 0 Å². The molecule has 4 rings (SSSR count). The average Bonchev–Trinajstić information content (AvgIpc) is 2.83. The van der Waals surface area contributed by atoms with Crippen LogP contribution in [0.25, 0.3) is 0 Å². The number of aliphatic hydroxyl groups excluding tert-OH is 3. The van der Waals surface area contributed by atoms with E-state index < -0.39 is 52.9 Å². The second-order valence-electron chi connectivity index (χ2n) is 9.45. The highest BCUT2D eigenvalue weighted by Crippen LogP contribution is 2.75. The molecule has 2 saturated carbocycles. The second-order valence-corrected chi connectivity index (χ2v) is 9.45. The van der Waals surface area contributed by atoms with Crippen molar-refractivity contribution in [3.8, 4) is 0 Å². The molecule has 0 aromatic rings. The highest BCUT2D eigenvalue weighted by atomic mass is 16.6. The van der Waals surface area contributed by atoms with E-state index in [9.17, 15) is 30.3 Å². The van der Waals surface area contributed by atoms with Crippen molar-refractivity contribution in [1.82, 2.24) is 0 Å². The zero-order valence-electron chi connectivity index (χ0n) is 16.3. The van der Waals surface area contributed by atoms with Gasteiger partial charge in [0.2, 0.25) is 0 Å². The van der Waals surface area contributed by atoms with Crippen molar-refractivity contribution in [2.45, 2.75) is 76.0 Å². The first-order valence-electron chi connectivity index (χ1n) is 9.81. The molecule has 5 N–H and O–H groups in total. The molecule has 152 valence electrons. The fourth-order valence-electron chi connectivity index (χ4n) is 7.15. The third-order valence-corrected chi connectivity index (χ3v) is 8.24. The number of hydrogen-bond acceptors (Lipinski definition) is 7. The first-order chi connectivity index (χ1) is 12.5. The zero-order chi connectivity index (χ0) is 20.2. The molecule has 4 aliphatic rings. The summed E-state index contributed by atoms with van der Waals surface area (Å²) in [6.07, 6.45) is -2.17. The maximum atomic E-state index is 12.6. The zero-order valence-corrected chi connectivity index (χ0v) is 16.3. The molecule has 1 heterocycles. The van der Waals surface area contributed by atoms with Crippen LogP contribution < -0.4 is 0 Å². The lowest BCUT2D eigenvalue weighted by Crippen LogP contribution is -2.77. The Hall–Kier alpha value is -0.990. The molecular weight excluding hydrogens is 352 g/mol. The lowest BCUT2D eigenvalue weighted by Gasteiger charge is -2.60. The molecule has 3 fully saturated rings. The van der Waals surface area contributed by atoms with Crippen molar-refractivity contribution in [2.24, 2.45) is 23.2 Å². The minimum absolute atomic E-state index is 0.0931. The van der Waals surface area contributed by atoms with Crippen molar-refractivity contribution < 1.29 is 35.1 Å². The van der Waals surface area contributed by atoms with Gasteiger partial charge in [-0.3, -0.25) is 4.79 Å². The van der Waals surface area contributed by atoms with Gasteiger partial charge < -0.3 is 30.3 Å². The molecule has 0 aromatic carbocycles. The minimum Gasteiger partial charge on any atom is -0.450 e.